The number of fused-ring (bicyclic) bond motifs is 1. The van der Waals surface area contributed by atoms with E-state index in [0.29, 0.717) is 35.7 Å². The van der Waals surface area contributed by atoms with Crippen LogP contribution in [-0.4, -0.2) is 30.1 Å². The molecule has 0 saturated heterocycles. The van der Waals surface area contributed by atoms with Gasteiger partial charge in [-0.3, -0.25) is 4.98 Å². The van der Waals surface area contributed by atoms with Crippen LogP contribution in [0.2, 0.25) is 0 Å². The Hall–Kier alpha value is -2.46. The lowest BCUT2D eigenvalue weighted by atomic mass is 10.3. The second kappa shape index (κ2) is 5.97. The molecule has 3 aromatic rings. The Labute approximate surface area is 130 Å². The molecule has 9 nitrogen and oxygen atoms in total. The highest BCUT2D eigenvalue weighted by Crippen LogP contribution is 2.16. The topological polar surface area (TPSA) is 131 Å². The summed E-state index contributed by atoms with van der Waals surface area (Å²) in [5.41, 5.74) is 0.639. The number of H-pyrrole nitrogens is 1. The number of oxazole rings is 1. The number of nitrogens with one attached hydrogen (secondary N) is 2. The smallest absolute Gasteiger partial charge is 0.408 e. The third-order valence-corrected chi connectivity index (χ3v) is 4.59. The van der Waals surface area contributed by atoms with Crippen LogP contribution in [-0.2, 0) is 16.4 Å². The molecule has 0 fully saturated rings. The van der Waals surface area contributed by atoms with Gasteiger partial charge in [0.25, 0.3) is 0 Å². The maximum atomic E-state index is 12.2. The first-order valence-electron chi connectivity index (χ1n) is 6.86. The van der Waals surface area contributed by atoms with Gasteiger partial charge in [0.15, 0.2) is 11.4 Å². The minimum atomic E-state index is -3.67. The van der Waals surface area contributed by atoms with Crippen molar-refractivity contribution in [3.8, 4) is 0 Å². The summed E-state index contributed by atoms with van der Waals surface area (Å²) in [6, 6.07) is 4.16. The van der Waals surface area contributed by atoms with Gasteiger partial charge in [-0.1, -0.05) is 5.16 Å². The molecule has 0 amide bonds. The van der Waals surface area contributed by atoms with Gasteiger partial charge in [0, 0.05) is 13.0 Å². The second-order valence-electron chi connectivity index (χ2n) is 4.91. The van der Waals surface area contributed by atoms with Gasteiger partial charge in [-0.25, -0.2) is 17.9 Å². The maximum Gasteiger partial charge on any atom is 0.417 e. The molecule has 1 aromatic carbocycles. The Morgan fingerprint density at radius 2 is 2.17 bits per heavy atom. The Balaban J connectivity index is 1.64. The number of hydrogen-bond acceptors (Lipinski definition) is 7. The van der Waals surface area contributed by atoms with Crippen molar-refractivity contribution in [2.75, 3.05) is 6.54 Å². The fraction of sp³-hybridized carbons (Fsp3) is 0.308. The summed E-state index contributed by atoms with van der Waals surface area (Å²) in [5, 5.41) is 3.66. The molecule has 2 aromatic heterocycles. The Morgan fingerprint density at radius 1 is 1.35 bits per heavy atom. The quantitative estimate of drug-likeness (QED) is 0.633. The van der Waals surface area contributed by atoms with E-state index in [4.69, 9.17) is 8.94 Å². The van der Waals surface area contributed by atoms with Gasteiger partial charge in [0.2, 0.25) is 15.9 Å². The SMILES string of the molecule is Cc1noc(CCCNS(=O)(=O)c2ccc3oc(=O)[nH]c3c2)n1. The number of hydrogen-bond donors (Lipinski definition) is 2. The van der Waals surface area contributed by atoms with E-state index in [1.807, 2.05) is 0 Å². The van der Waals surface area contributed by atoms with Crippen LogP contribution in [0.15, 0.2) is 36.8 Å². The van der Waals surface area contributed by atoms with Crippen LogP contribution in [0, 0.1) is 6.92 Å². The average Bonchev–Trinajstić information content (AvgIpc) is 3.07. The lowest BCUT2D eigenvalue weighted by Gasteiger charge is -2.05. The first-order chi connectivity index (χ1) is 10.9. The summed E-state index contributed by atoms with van der Waals surface area (Å²) >= 11 is 0. The van der Waals surface area contributed by atoms with Gasteiger partial charge in [-0.2, -0.15) is 4.98 Å². The highest BCUT2D eigenvalue weighted by Gasteiger charge is 2.15. The predicted octanol–water partition coefficient (Wildman–Crippen LogP) is 0.724. The summed E-state index contributed by atoms with van der Waals surface area (Å²) in [4.78, 5) is 17.6. The highest BCUT2D eigenvalue weighted by molar-refractivity contribution is 7.89. The molecular weight excluding hydrogens is 324 g/mol. The first kappa shape index (κ1) is 15.4. The predicted molar refractivity (Wildman–Crippen MR) is 79.4 cm³/mol. The maximum absolute atomic E-state index is 12.2. The van der Waals surface area contributed by atoms with E-state index in [0.717, 1.165) is 0 Å². The van der Waals surface area contributed by atoms with Crippen molar-refractivity contribution in [2.45, 2.75) is 24.7 Å². The molecule has 0 spiro atoms. The Kier molecular flexibility index (Phi) is 4.01. The number of aromatic nitrogens is 3. The Morgan fingerprint density at radius 3 is 2.91 bits per heavy atom. The molecule has 10 heteroatoms. The molecule has 0 unspecified atom stereocenters. The first-order valence-corrected chi connectivity index (χ1v) is 8.34. The third kappa shape index (κ3) is 3.48. The minimum Gasteiger partial charge on any atom is -0.408 e. The van der Waals surface area contributed by atoms with E-state index in [1.54, 1.807) is 6.92 Å². The van der Waals surface area contributed by atoms with E-state index < -0.39 is 15.8 Å². The van der Waals surface area contributed by atoms with Gasteiger partial charge in [0.1, 0.15) is 0 Å². The summed E-state index contributed by atoms with van der Waals surface area (Å²) in [6.45, 7) is 1.94. The van der Waals surface area contributed by atoms with Crippen LogP contribution in [0.3, 0.4) is 0 Å². The lowest BCUT2D eigenvalue weighted by molar-refractivity contribution is 0.372. The van der Waals surface area contributed by atoms with E-state index in [2.05, 4.69) is 19.8 Å². The van der Waals surface area contributed by atoms with Crippen molar-refractivity contribution in [3.63, 3.8) is 0 Å². The zero-order valence-corrected chi connectivity index (χ0v) is 13.0. The van der Waals surface area contributed by atoms with Crippen molar-refractivity contribution in [1.82, 2.24) is 19.8 Å². The van der Waals surface area contributed by atoms with Crippen LogP contribution >= 0.6 is 0 Å². The molecule has 23 heavy (non-hydrogen) atoms. The highest BCUT2D eigenvalue weighted by atomic mass is 32.2. The molecule has 2 N–H and O–H groups in total. The Bertz CT molecular complexity index is 985. The van der Waals surface area contributed by atoms with Crippen LogP contribution in [0.5, 0.6) is 0 Å². The van der Waals surface area contributed by atoms with Crippen LogP contribution in [0.25, 0.3) is 11.1 Å². The number of rotatable bonds is 6. The molecule has 0 atom stereocenters. The van der Waals surface area contributed by atoms with Crippen molar-refractivity contribution >= 4 is 21.1 Å². The van der Waals surface area contributed by atoms with E-state index in [9.17, 15) is 13.2 Å². The summed E-state index contributed by atoms with van der Waals surface area (Å²) in [7, 11) is -3.67. The largest absolute Gasteiger partial charge is 0.417 e. The van der Waals surface area contributed by atoms with Crippen molar-refractivity contribution in [1.29, 1.82) is 0 Å². The van der Waals surface area contributed by atoms with E-state index in [-0.39, 0.29) is 11.4 Å². The van der Waals surface area contributed by atoms with Crippen molar-refractivity contribution in [3.05, 3.63) is 40.5 Å². The second-order valence-corrected chi connectivity index (χ2v) is 6.68. The molecule has 122 valence electrons. The van der Waals surface area contributed by atoms with Gasteiger partial charge >= 0.3 is 5.76 Å². The summed E-state index contributed by atoms with van der Waals surface area (Å²) < 4.78 is 36.7. The monoisotopic (exact) mass is 338 g/mol. The molecule has 0 radical (unpaired) electrons. The van der Waals surface area contributed by atoms with Gasteiger partial charge in [0.05, 0.1) is 10.4 Å². The van der Waals surface area contributed by atoms with E-state index >= 15 is 0 Å². The van der Waals surface area contributed by atoms with Crippen LogP contribution in [0.1, 0.15) is 18.1 Å². The van der Waals surface area contributed by atoms with Gasteiger partial charge in [-0.15, -0.1) is 0 Å². The number of aryl methyl sites for hydroxylation is 2. The molecular formula is C13H14N4O5S. The molecule has 0 saturated carbocycles. The zero-order chi connectivity index (χ0) is 16.4. The van der Waals surface area contributed by atoms with E-state index in [1.165, 1.54) is 18.2 Å². The van der Waals surface area contributed by atoms with Crippen LogP contribution in [0.4, 0.5) is 0 Å². The molecule has 2 heterocycles. The molecule has 3 rings (SSSR count). The zero-order valence-electron chi connectivity index (χ0n) is 12.2. The van der Waals surface area contributed by atoms with Crippen molar-refractivity contribution in [2.24, 2.45) is 0 Å². The average molecular weight is 338 g/mol. The molecule has 0 aliphatic heterocycles. The lowest BCUT2D eigenvalue weighted by Crippen LogP contribution is -2.25. The summed E-state index contributed by atoms with van der Waals surface area (Å²) in [6.07, 6.45) is 1.00. The normalized spacial score (nSPS) is 12.0. The minimum absolute atomic E-state index is 0.0516. The van der Waals surface area contributed by atoms with Crippen molar-refractivity contribution < 1.29 is 17.4 Å². The fourth-order valence-electron chi connectivity index (χ4n) is 2.07. The standard InChI is InChI=1S/C13H14N4O5S/c1-8-15-12(22-17-8)3-2-6-14-23(19,20)9-4-5-11-10(7-9)16-13(18)21-11/h4-5,7,14H,2-3,6H2,1H3,(H,16,18). The van der Waals surface area contributed by atoms with Gasteiger partial charge in [-0.05, 0) is 31.5 Å². The van der Waals surface area contributed by atoms with Crippen LogP contribution < -0.4 is 10.5 Å². The summed E-state index contributed by atoms with van der Waals surface area (Å²) in [5.74, 6) is 0.388. The fourth-order valence-corrected chi connectivity index (χ4v) is 3.17. The number of nitrogens with zero attached hydrogens (tertiary/aromatic N) is 2. The van der Waals surface area contributed by atoms with Gasteiger partial charge < -0.3 is 8.94 Å². The number of aromatic amines is 1. The molecule has 0 bridgehead atoms. The molecule has 0 aliphatic carbocycles. The number of sulfonamides is 1. The molecule has 0 aliphatic rings. The third-order valence-electron chi connectivity index (χ3n) is 3.13. The number of benzene rings is 1.